The number of pyridine rings is 2. The highest BCUT2D eigenvalue weighted by atomic mass is 19.1. The van der Waals surface area contributed by atoms with Crippen LogP contribution in [-0.2, 0) is 11.2 Å². The molecule has 1 saturated heterocycles. The van der Waals surface area contributed by atoms with Crippen molar-refractivity contribution >= 4 is 22.5 Å². The normalized spacial score (nSPS) is 14.1. The van der Waals surface area contributed by atoms with Crippen molar-refractivity contribution in [3.63, 3.8) is 0 Å². The second-order valence-electron chi connectivity index (χ2n) is 11.8. The van der Waals surface area contributed by atoms with Gasteiger partial charge in [-0.25, -0.2) is 8.78 Å². The Labute approximate surface area is 285 Å². The van der Waals surface area contributed by atoms with Gasteiger partial charge in [-0.15, -0.1) is 0 Å². The van der Waals surface area contributed by atoms with Crippen molar-refractivity contribution in [1.29, 1.82) is 5.26 Å². The fourth-order valence-electron chi connectivity index (χ4n) is 5.96. The van der Waals surface area contributed by atoms with Crippen molar-refractivity contribution in [2.75, 3.05) is 51.4 Å². The van der Waals surface area contributed by atoms with Crippen LogP contribution in [0.3, 0.4) is 0 Å². The number of ether oxygens (including phenoxy) is 4. The number of benzene rings is 3. The molecule has 4 heterocycles. The third kappa shape index (κ3) is 6.84. The highest BCUT2D eigenvalue weighted by molar-refractivity contribution is 6.06. The van der Waals surface area contributed by atoms with Gasteiger partial charge in [0.2, 0.25) is 0 Å². The smallest absolute Gasteiger partial charge is 0.271 e. The summed E-state index contributed by atoms with van der Waals surface area (Å²) in [6.45, 7) is 4.79. The fourth-order valence-corrected chi connectivity index (χ4v) is 5.96. The molecule has 3 aromatic carbocycles. The highest BCUT2D eigenvalue weighted by Crippen LogP contribution is 2.35. The quantitative estimate of drug-likeness (QED) is 0.187. The number of carbonyl (C=O) groups is 1. The van der Waals surface area contributed by atoms with E-state index < -0.39 is 23.1 Å². The van der Waals surface area contributed by atoms with Crippen LogP contribution in [0, 0.1) is 23.0 Å². The number of fused-ring (bicyclic) bond motifs is 2. The van der Waals surface area contributed by atoms with Crippen LogP contribution < -0.4 is 25.1 Å². The molecule has 0 radical (unpaired) electrons. The maximum absolute atomic E-state index is 15.4. The minimum Gasteiger partial charge on any atom is -0.492 e. The van der Waals surface area contributed by atoms with Gasteiger partial charge in [0.1, 0.15) is 34.7 Å². The van der Waals surface area contributed by atoms with Crippen molar-refractivity contribution in [3.8, 4) is 34.8 Å². The number of aromatic nitrogens is 2. The summed E-state index contributed by atoms with van der Waals surface area (Å²) >= 11 is 0. The number of nitriles is 1. The first kappa shape index (κ1) is 32.7. The van der Waals surface area contributed by atoms with Gasteiger partial charge in [-0.3, -0.25) is 24.0 Å². The Morgan fingerprint density at radius 2 is 1.82 bits per heavy atom. The van der Waals surface area contributed by atoms with Crippen LogP contribution in [0.4, 0.5) is 14.5 Å². The Balaban J connectivity index is 1.07. The predicted molar refractivity (Wildman–Crippen MR) is 179 cm³/mol. The molecular formula is C37H31F2N5O6. The number of hydrogen-bond donors (Lipinski definition) is 1. The Kier molecular flexibility index (Phi) is 9.37. The van der Waals surface area contributed by atoms with Gasteiger partial charge >= 0.3 is 0 Å². The van der Waals surface area contributed by atoms with Crippen LogP contribution in [0.5, 0.6) is 23.0 Å². The molecule has 13 heteroatoms. The summed E-state index contributed by atoms with van der Waals surface area (Å²) in [4.78, 5) is 33.6. The van der Waals surface area contributed by atoms with Crippen LogP contribution >= 0.6 is 0 Å². The van der Waals surface area contributed by atoms with E-state index in [1.165, 1.54) is 47.2 Å². The Hall–Kier alpha value is -5.84. The lowest BCUT2D eigenvalue weighted by atomic mass is 10.1. The zero-order chi connectivity index (χ0) is 34.6. The van der Waals surface area contributed by atoms with E-state index in [9.17, 15) is 19.2 Å². The van der Waals surface area contributed by atoms with Crippen LogP contribution in [0.15, 0.2) is 77.9 Å². The van der Waals surface area contributed by atoms with Gasteiger partial charge in [0, 0.05) is 72.9 Å². The number of morpholine rings is 1. The van der Waals surface area contributed by atoms with E-state index in [1.54, 1.807) is 24.4 Å². The predicted octanol–water partition coefficient (Wildman–Crippen LogP) is 5.62. The molecule has 1 N–H and O–H groups in total. The van der Waals surface area contributed by atoms with Gasteiger partial charge in [-0.05, 0) is 55.0 Å². The molecule has 0 saturated carbocycles. The first-order valence-electron chi connectivity index (χ1n) is 16.1. The molecule has 1 fully saturated rings. The van der Waals surface area contributed by atoms with Gasteiger partial charge in [0.15, 0.2) is 11.6 Å². The third-order valence-corrected chi connectivity index (χ3v) is 8.50. The molecule has 50 heavy (non-hydrogen) atoms. The van der Waals surface area contributed by atoms with E-state index in [0.29, 0.717) is 40.9 Å². The molecule has 1 amide bonds. The summed E-state index contributed by atoms with van der Waals surface area (Å²) in [7, 11) is 0. The van der Waals surface area contributed by atoms with Gasteiger partial charge < -0.3 is 24.3 Å². The average Bonchev–Trinajstić information content (AvgIpc) is 3.59. The van der Waals surface area contributed by atoms with E-state index in [-0.39, 0.29) is 40.7 Å². The number of nitrogens with one attached hydrogen (secondary N) is 1. The average molecular weight is 680 g/mol. The highest BCUT2D eigenvalue weighted by Gasteiger charge is 2.27. The molecule has 0 unspecified atom stereocenters. The summed E-state index contributed by atoms with van der Waals surface area (Å²) in [5.74, 6) is -1.36. The molecule has 0 aliphatic carbocycles. The van der Waals surface area contributed by atoms with E-state index >= 15 is 4.39 Å². The summed E-state index contributed by atoms with van der Waals surface area (Å²) < 4.78 is 53.1. The van der Waals surface area contributed by atoms with Crippen LogP contribution in [0.1, 0.15) is 27.9 Å². The molecule has 7 rings (SSSR count). The van der Waals surface area contributed by atoms with Crippen molar-refractivity contribution in [2.24, 2.45) is 0 Å². The molecular weight excluding hydrogens is 648 g/mol. The molecule has 11 nitrogen and oxygen atoms in total. The molecule has 2 aliphatic rings. The zero-order valence-electron chi connectivity index (χ0n) is 26.8. The van der Waals surface area contributed by atoms with Crippen LogP contribution in [-0.4, -0.2) is 66.4 Å². The summed E-state index contributed by atoms with van der Waals surface area (Å²) in [6, 6.07) is 16.1. The number of halogens is 2. The fraction of sp³-hybridized carbons (Fsp3) is 0.243. The van der Waals surface area contributed by atoms with Crippen molar-refractivity contribution in [2.45, 2.75) is 12.8 Å². The Morgan fingerprint density at radius 1 is 1.00 bits per heavy atom. The van der Waals surface area contributed by atoms with Crippen LogP contribution in [0.2, 0.25) is 0 Å². The first-order chi connectivity index (χ1) is 24.4. The lowest BCUT2D eigenvalue weighted by molar-refractivity contribution is 0.0358. The largest absolute Gasteiger partial charge is 0.492 e. The second-order valence-corrected chi connectivity index (χ2v) is 11.8. The van der Waals surface area contributed by atoms with Gasteiger partial charge in [0.05, 0.1) is 37.5 Å². The molecule has 5 aromatic rings. The minimum absolute atomic E-state index is 0.0740. The molecule has 0 spiro atoms. The van der Waals surface area contributed by atoms with Gasteiger partial charge in [-0.2, -0.15) is 5.26 Å². The SMILES string of the molecule is N#Cc1cc2c(Oc3ccc(NC(=O)c4c5c(cn(-c6ccc(F)cc6)c4=O)CCO5)cc3F)ccnc2cc1OCCCN1CCOCC1. The number of amides is 1. The third-order valence-electron chi connectivity index (χ3n) is 8.50. The van der Waals surface area contributed by atoms with E-state index in [4.69, 9.17) is 18.9 Å². The Morgan fingerprint density at radius 3 is 2.60 bits per heavy atom. The monoisotopic (exact) mass is 679 g/mol. The molecule has 0 bridgehead atoms. The molecule has 2 aliphatic heterocycles. The van der Waals surface area contributed by atoms with Crippen molar-refractivity contribution in [1.82, 2.24) is 14.5 Å². The lowest BCUT2D eigenvalue weighted by Crippen LogP contribution is -2.37. The zero-order valence-corrected chi connectivity index (χ0v) is 26.8. The second kappa shape index (κ2) is 14.3. The summed E-state index contributed by atoms with van der Waals surface area (Å²) in [6.07, 6.45) is 4.34. The summed E-state index contributed by atoms with van der Waals surface area (Å²) in [5, 5.41) is 12.9. The Bertz CT molecular complexity index is 2180. The van der Waals surface area contributed by atoms with Gasteiger partial charge in [0.25, 0.3) is 11.5 Å². The molecule has 254 valence electrons. The van der Waals surface area contributed by atoms with Crippen molar-refractivity contribution in [3.05, 3.63) is 112 Å². The maximum atomic E-state index is 15.4. The van der Waals surface area contributed by atoms with Gasteiger partial charge in [-0.1, -0.05) is 0 Å². The standard InChI is InChI=1S/C37H31F2N5O6/c38-25-2-5-27(6-3-25)44-22-23-9-15-49-35(23)34(37(44)46)36(45)42-26-4-7-32(29(39)19-26)50-31-8-10-41-30-20-33(24(21-40)18-28(30)31)48-14-1-11-43-12-16-47-17-13-43/h2-8,10,18-20,22H,1,9,11-17H2,(H,42,45). The number of nitrogens with zero attached hydrogens (tertiary/aromatic N) is 4. The lowest BCUT2D eigenvalue weighted by Gasteiger charge is -2.26. The molecule has 2 aromatic heterocycles. The molecule has 0 atom stereocenters. The minimum atomic E-state index is -0.791. The van der Waals surface area contributed by atoms with Crippen LogP contribution in [0.25, 0.3) is 16.6 Å². The first-order valence-corrected chi connectivity index (χ1v) is 16.1. The van der Waals surface area contributed by atoms with E-state index in [0.717, 1.165) is 45.3 Å². The number of anilines is 1. The maximum Gasteiger partial charge on any atom is 0.271 e. The summed E-state index contributed by atoms with van der Waals surface area (Å²) in [5.41, 5.74) is 0.958. The topological polar surface area (TPSA) is 128 Å². The number of carbonyl (C=O) groups excluding carboxylic acids is 1. The number of rotatable bonds is 10. The number of hydrogen-bond acceptors (Lipinski definition) is 9. The van der Waals surface area contributed by atoms with Crippen molar-refractivity contribution < 1.29 is 32.5 Å². The van der Waals surface area contributed by atoms with E-state index in [1.807, 2.05) is 0 Å². The van der Waals surface area contributed by atoms with E-state index in [2.05, 4.69) is 21.3 Å².